The van der Waals surface area contributed by atoms with E-state index in [-0.39, 0.29) is 5.91 Å². The molecule has 1 aliphatic heterocycles. The lowest BCUT2D eigenvalue weighted by Gasteiger charge is -2.35. The molecular formula is C23H30N2O5. The van der Waals surface area contributed by atoms with E-state index in [1.807, 2.05) is 30.0 Å². The minimum absolute atomic E-state index is 0.0179. The number of ether oxygens (including phenoxy) is 4. The summed E-state index contributed by atoms with van der Waals surface area (Å²) in [5, 5.41) is 0. The van der Waals surface area contributed by atoms with Crippen LogP contribution in [0, 0.1) is 0 Å². The number of benzene rings is 2. The first-order valence-corrected chi connectivity index (χ1v) is 10.1. The smallest absolute Gasteiger partial charge is 0.254 e. The van der Waals surface area contributed by atoms with Crippen LogP contribution >= 0.6 is 0 Å². The van der Waals surface area contributed by atoms with E-state index in [0.717, 1.165) is 36.7 Å². The second-order valence-corrected chi connectivity index (χ2v) is 7.06. The Balaban J connectivity index is 1.60. The molecule has 0 bridgehead atoms. The second kappa shape index (κ2) is 10.2. The highest BCUT2D eigenvalue weighted by atomic mass is 16.5. The van der Waals surface area contributed by atoms with Gasteiger partial charge >= 0.3 is 0 Å². The van der Waals surface area contributed by atoms with E-state index in [9.17, 15) is 4.79 Å². The maximum Gasteiger partial charge on any atom is 0.254 e. The first-order chi connectivity index (χ1) is 14.6. The number of nitrogens with zero attached hydrogens (tertiary/aromatic N) is 2. The van der Waals surface area contributed by atoms with Crippen molar-refractivity contribution in [1.82, 2.24) is 9.80 Å². The second-order valence-electron chi connectivity index (χ2n) is 7.06. The fourth-order valence-corrected chi connectivity index (χ4v) is 3.61. The highest BCUT2D eigenvalue weighted by Crippen LogP contribution is 2.29. The highest BCUT2D eigenvalue weighted by Gasteiger charge is 2.23. The molecule has 1 heterocycles. The van der Waals surface area contributed by atoms with Crippen molar-refractivity contribution in [2.75, 3.05) is 54.1 Å². The molecule has 30 heavy (non-hydrogen) atoms. The van der Waals surface area contributed by atoms with Crippen LogP contribution in [0.25, 0.3) is 0 Å². The van der Waals surface area contributed by atoms with E-state index in [0.29, 0.717) is 36.8 Å². The lowest BCUT2D eigenvalue weighted by molar-refractivity contribution is 0.0628. The minimum Gasteiger partial charge on any atom is -0.493 e. The fraction of sp³-hybridized carbons (Fsp3) is 0.435. The number of piperazine rings is 1. The summed E-state index contributed by atoms with van der Waals surface area (Å²) in [6.45, 7) is 6.22. The molecule has 7 heteroatoms. The molecule has 2 aromatic rings. The zero-order valence-electron chi connectivity index (χ0n) is 18.1. The third kappa shape index (κ3) is 4.97. The van der Waals surface area contributed by atoms with Crippen molar-refractivity contribution in [3.63, 3.8) is 0 Å². The number of methoxy groups -OCH3 is 3. The molecule has 0 aliphatic carbocycles. The number of rotatable bonds is 8. The molecule has 0 aromatic heterocycles. The molecule has 1 fully saturated rings. The van der Waals surface area contributed by atoms with Crippen LogP contribution in [0.1, 0.15) is 22.8 Å². The molecule has 3 rings (SSSR count). The summed E-state index contributed by atoms with van der Waals surface area (Å²) in [5.74, 6) is 2.70. The summed E-state index contributed by atoms with van der Waals surface area (Å²) in [7, 11) is 4.87. The van der Waals surface area contributed by atoms with Crippen LogP contribution in [0.5, 0.6) is 23.0 Å². The molecule has 1 amide bonds. The van der Waals surface area contributed by atoms with Gasteiger partial charge in [-0.2, -0.15) is 0 Å². The van der Waals surface area contributed by atoms with E-state index in [1.165, 1.54) is 0 Å². The zero-order chi connectivity index (χ0) is 21.5. The van der Waals surface area contributed by atoms with Crippen LogP contribution in [0.2, 0.25) is 0 Å². The number of carbonyl (C=O) groups is 1. The lowest BCUT2D eigenvalue weighted by atomic mass is 10.1. The predicted octanol–water partition coefficient (Wildman–Crippen LogP) is 3.07. The fourth-order valence-electron chi connectivity index (χ4n) is 3.61. The van der Waals surface area contributed by atoms with Crippen molar-refractivity contribution in [3.05, 3.63) is 47.5 Å². The van der Waals surface area contributed by atoms with Gasteiger partial charge in [-0.05, 0) is 42.8 Å². The summed E-state index contributed by atoms with van der Waals surface area (Å²) in [6, 6.07) is 11.3. The molecule has 2 aromatic carbocycles. The average molecular weight is 415 g/mol. The number of hydrogen-bond donors (Lipinski definition) is 0. The Bertz CT molecular complexity index is 863. The molecule has 0 spiro atoms. The van der Waals surface area contributed by atoms with Crippen molar-refractivity contribution in [1.29, 1.82) is 0 Å². The maximum absolute atomic E-state index is 13.0. The van der Waals surface area contributed by atoms with E-state index >= 15 is 0 Å². The van der Waals surface area contributed by atoms with Crippen molar-refractivity contribution in [3.8, 4) is 23.0 Å². The van der Waals surface area contributed by atoms with Crippen molar-refractivity contribution in [2.24, 2.45) is 0 Å². The van der Waals surface area contributed by atoms with Crippen molar-refractivity contribution >= 4 is 5.91 Å². The number of hydrogen-bond acceptors (Lipinski definition) is 6. The summed E-state index contributed by atoms with van der Waals surface area (Å²) in [5.41, 5.74) is 1.77. The van der Waals surface area contributed by atoms with Crippen LogP contribution in [-0.4, -0.2) is 69.8 Å². The molecule has 1 aliphatic rings. The van der Waals surface area contributed by atoms with Gasteiger partial charge in [-0.15, -0.1) is 0 Å². The molecule has 162 valence electrons. The quantitative estimate of drug-likeness (QED) is 0.662. The van der Waals surface area contributed by atoms with Gasteiger partial charge in [0.1, 0.15) is 0 Å². The SMILES string of the molecule is CCOc1cc(C(=O)N2CCN(Cc3ccc(OC)c(OC)c3)CC2)ccc1OC. The minimum atomic E-state index is 0.0179. The third-order valence-corrected chi connectivity index (χ3v) is 5.22. The van der Waals surface area contributed by atoms with Gasteiger partial charge in [0.05, 0.1) is 27.9 Å². The van der Waals surface area contributed by atoms with Crippen LogP contribution in [0.15, 0.2) is 36.4 Å². The standard InChI is InChI=1S/C23H30N2O5/c1-5-30-22-15-18(7-9-20(22)28-3)23(26)25-12-10-24(11-13-25)16-17-6-8-19(27-2)21(14-17)29-4/h6-9,14-15H,5,10-13,16H2,1-4H3. The van der Waals surface area contributed by atoms with Gasteiger partial charge < -0.3 is 23.8 Å². The molecular weight excluding hydrogens is 384 g/mol. The van der Waals surface area contributed by atoms with Crippen molar-refractivity contribution < 1.29 is 23.7 Å². The van der Waals surface area contributed by atoms with E-state index in [4.69, 9.17) is 18.9 Å². The highest BCUT2D eigenvalue weighted by molar-refractivity contribution is 5.95. The topological polar surface area (TPSA) is 60.5 Å². The summed E-state index contributed by atoms with van der Waals surface area (Å²) < 4.78 is 21.6. The Hall–Kier alpha value is -2.93. The summed E-state index contributed by atoms with van der Waals surface area (Å²) in [6.07, 6.45) is 0. The first kappa shape index (κ1) is 21.8. The molecule has 1 saturated heterocycles. The number of carbonyl (C=O) groups excluding carboxylic acids is 1. The zero-order valence-corrected chi connectivity index (χ0v) is 18.1. The van der Waals surface area contributed by atoms with Gasteiger partial charge in [-0.3, -0.25) is 9.69 Å². The van der Waals surface area contributed by atoms with Crippen LogP contribution < -0.4 is 18.9 Å². The Morgan fingerprint density at radius 3 is 2.10 bits per heavy atom. The average Bonchev–Trinajstić information content (AvgIpc) is 2.79. The Labute approximate surface area is 178 Å². The Morgan fingerprint density at radius 1 is 0.833 bits per heavy atom. The summed E-state index contributed by atoms with van der Waals surface area (Å²) >= 11 is 0. The number of amides is 1. The Kier molecular flexibility index (Phi) is 7.41. The maximum atomic E-state index is 13.0. The third-order valence-electron chi connectivity index (χ3n) is 5.22. The van der Waals surface area contributed by atoms with Gasteiger partial charge in [0.25, 0.3) is 5.91 Å². The molecule has 0 atom stereocenters. The molecule has 0 saturated carbocycles. The van der Waals surface area contributed by atoms with E-state index in [1.54, 1.807) is 39.5 Å². The van der Waals surface area contributed by atoms with E-state index in [2.05, 4.69) is 4.90 Å². The first-order valence-electron chi connectivity index (χ1n) is 10.1. The summed E-state index contributed by atoms with van der Waals surface area (Å²) in [4.78, 5) is 17.2. The van der Waals surface area contributed by atoms with Gasteiger partial charge in [0.2, 0.25) is 0 Å². The normalized spacial score (nSPS) is 14.3. The molecule has 7 nitrogen and oxygen atoms in total. The molecule has 0 N–H and O–H groups in total. The van der Waals surface area contributed by atoms with Crippen LogP contribution in [-0.2, 0) is 6.54 Å². The van der Waals surface area contributed by atoms with Gasteiger partial charge in [-0.1, -0.05) is 6.07 Å². The molecule has 0 radical (unpaired) electrons. The molecule has 0 unspecified atom stereocenters. The lowest BCUT2D eigenvalue weighted by Crippen LogP contribution is -2.48. The van der Waals surface area contributed by atoms with Gasteiger partial charge in [-0.25, -0.2) is 0 Å². The van der Waals surface area contributed by atoms with E-state index < -0.39 is 0 Å². The van der Waals surface area contributed by atoms with Gasteiger partial charge in [0.15, 0.2) is 23.0 Å². The van der Waals surface area contributed by atoms with Crippen LogP contribution in [0.4, 0.5) is 0 Å². The monoisotopic (exact) mass is 414 g/mol. The van der Waals surface area contributed by atoms with Crippen LogP contribution in [0.3, 0.4) is 0 Å². The largest absolute Gasteiger partial charge is 0.493 e. The Morgan fingerprint density at radius 2 is 1.47 bits per heavy atom. The van der Waals surface area contributed by atoms with Gasteiger partial charge in [0, 0.05) is 38.3 Å². The predicted molar refractivity (Wildman–Crippen MR) is 115 cm³/mol. The van der Waals surface area contributed by atoms with Crippen molar-refractivity contribution in [2.45, 2.75) is 13.5 Å².